The number of piperazine rings is 1. The van der Waals surface area contributed by atoms with Crippen molar-refractivity contribution in [2.24, 2.45) is 0 Å². The fourth-order valence-electron chi connectivity index (χ4n) is 2.43. The molecule has 106 valence electrons. The lowest BCUT2D eigenvalue weighted by molar-refractivity contribution is 0.190. The summed E-state index contributed by atoms with van der Waals surface area (Å²) < 4.78 is 5.16. The Bertz CT molecular complexity index is 389. The second kappa shape index (κ2) is 6.78. The summed E-state index contributed by atoms with van der Waals surface area (Å²) in [4.78, 5) is 4.82. The zero-order chi connectivity index (χ0) is 13.7. The molecule has 1 aromatic rings. The summed E-state index contributed by atoms with van der Waals surface area (Å²) in [6.45, 7) is 7.33. The number of benzene rings is 1. The van der Waals surface area contributed by atoms with E-state index in [2.05, 4.69) is 53.4 Å². The molecule has 0 bridgehead atoms. The Labute approximate surface area is 116 Å². The maximum atomic E-state index is 5.16. The molecule has 0 spiro atoms. The zero-order valence-corrected chi connectivity index (χ0v) is 12.2. The summed E-state index contributed by atoms with van der Waals surface area (Å²) in [5, 5.41) is 3.47. The van der Waals surface area contributed by atoms with E-state index in [0.717, 1.165) is 32.8 Å². The summed E-state index contributed by atoms with van der Waals surface area (Å²) in [5.41, 5.74) is 2.48. The maximum Gasteiger partial charge on any atom is 0.0661 e. The van der Waals surface area contributed by atoms with Crippen LogP contribution in [0.1, 0.15) is 6.92 Å². The second-order valence-electron chi connectivity index (χ2n) is 5.34. The molecule has 1 heterocycles. The third-order valence-electron chi connectivity index (χ3n) is 3.54. The number of likely N-dealkylation sites (N-methyl/N-ethyl adjacent to an activating group) is 1. The number of rotatable bonds is 5. The van der Waals surface area contributed by atoms with Gasteiger partial charge >= 0.3 is 0 Å². The molecular formula is C15H25N3O. The van der Waals surface area contributed by atoms with Crippen molar-refractivity contribution in [1.29, 1.82) is 0 Å². The van der Waals surface area contributed by atoms with Crippen LogP contribution in [0.4, 0.5) is 11.4 Å². The van der Waals surface area contributed by atoms with Gasteiger partial charge in [-0.2, -0.15) is 0 Å². The average Bonchev–Trinajstić information content (AvgIpc) is 2.40. The van der Waals surface area contributed by atoms with Gasteiger partial charge in [0.15, 0.2) is 0 Å². The summed E-state index contributed by atoms with van der Waals surface area (Å²) in [7, 11) is 3.92. The first-order valence-corrected chi connectivity index (χ1v) is 6.98. The van der Waals surface area contributed by atoms with Crippen molar-refractivity contribution < 1.29 is 4.74 Å². The normalized spacial score (nSPS) is 18.4. The number of anilines is 2. The third-order valence-corrected chi connectivity index (χ3v) is 3.54. The van der Waals surface area contributed by atoms with E-state index in [1.165, 1.54) is 11.4 Å². The Morgan fingerprint density at radius 1 is 1.26 bits per heavy atom. The Hall–Kier alpha value is -1.26. The summed E-state index contributed by atoms with van der Waals surface area (Å²) >= 11 is 0. The lowest BCUT2D eigenvalue weighted by atomic mass is 10.2. The van der Waals surface area contributed by atoms with Crippen molar-refractivity contribution in [3.05, 3.63) is 24.3 Å². The van der Waals surface area contributed by atoms with Crippen LogP contribution < -0.4 is 10.2 Å². The van der Waals surface area contributed by atoms with Gasteiger partial charge in [-0.1, -0.05) is 6.07 Å². The van der Waals surface area contributed by atoms with Gasteiger partial charge in [-0.3, -0.25) is 0 Å². The van der Waals surface area contributed by atoms with Crippen LogP contribution in [0.15, 0.2) is 24.3 Å². The summed E-state index contributed by atoms with van der Waals surface area (Å²) in [5.74, 6) is 0. The van der Waals surface area contributed by atoms with E-state index in [1.54, 1.807) is 7.11 Å². The van der Waals surface area contributed by atoms with Crippen molar-refractivity contribution in [3.63, 3.8) is 0 Å². The minimum absolute atomic E-state index is 0.327. The smallest absolute Gasteiger partial charge is 0.0661 e. The van der Waals surface area contributed by atoms with Crippen molar-refractivity contribution in [2.75, 3.05) is 57.2 Å². The first kappa shape index (κ1) is 14.2. The Morgan fingerprint density at radius 2 is 2.00 bits per heavy atom. The first-order valence-electron chi connectivity index (χ1n) is 6.98. The van der Waals surface area contributed by atoms with Crippen LogP contribution in [0.3, 0.4) is 0 Å². The molecular weight excluding hydrogens is 238 g/mol. The Balaban J connectivity index is 1.98. The predicted octanol–water partition coefficient (Wildman–Crippen LogP) is 1.89. The largest absolute Gasteiger partial charge is 0.383 e. The predicted molar refractivity (Wildman–Crippen MR) is 81.1 cm³/mol. The molecule has 2 rings (SSSR count). The van der Waals surface area contributed by atoms with Crippen LogP contribution in [0.2, 0.25) is 0 Å². The quantitative estimate of drug-likeness (QED) is 0.878. The molecule has 0 aliphatic carbocycles. The highest BCUT2D eigenvalue weighted by atomic mass is 16.5. The lowest BCUT2D eigenvalue weighted by Crippen LogP contribution is -2.44. The van der Waals surface area contributed by atoms with E-state index < -0.39 is 0 Å². The van der Waals surface area contributed by atoms with Crippen LogP contribution in [0, 0.1) is 0 Å². The Kier molecular flexibility index (Phi) is 5.05. The van der Waals surface area contributed by atoms with Gasteiger partial charge in [0, 0.05) is 50.7 Å². The van der Waals surface area contributed by atoms with Crippen molar-refractivity contribution in [1.82, 2.24) is 4.90 Å². The lowest BCUT2D eigenvalue weighted by Gasteiger charge is -2.34. The molecule has 1 N–H and O–H groups in total. The molecule has 4 nitrogen and oxygen atoms in total. The molecule has 1 saturated heterocycles. The highest BCUT2D eigenvalue weighted by Crippen LogP contribution is 2.21. The van der Waals surface area contributed by atoms with Crippen LogP contribution in [-0.4, -0.2) is 57.9 Å². The highest BCUT2D eigenvalue weighted by Gasteiger charge is 2.14. The van der Waals surface area contributed by atoms with Gasteiger partial charge in [-0.15, -0.1) is 0 Å². The summed E-state index contributed by atoms with van der Waals surface area (Å²) in [6, 6.07) is 8.99. The summed E-state index contributed by atoms with van der Waals surface area (Å²) in [6.07, 6.45) is 0. The van der Waals surface area contributed by atoms with E-state index >= 15 is 0 Å². The van der Waals surface area contributed by atoms with Gasteiger partial charge in [-0.05, 0) is 32.2 Å². The zero-order valence-electron chi connectivity index (χ0n) is 12.2. The fraction of sp³-hybridized carbons (Fsp3) is 0.600. The second-order valence-corrected chi connectivity index (χ2v) is 5.34. The molecule has 1 atom stereocenters. The number of nitrogens with one attached hydrogen (secondary N) is 1. The maximum absolute atomic E-state index is 5.16. The highest BCUT2D eigenvalue weighted by molar-refractivity contribution is 5.58. The minimum atomic E-state index is 0.327. The number of methoxy groups -OCH3 is 1. The molecule has 0 radical (unpaired) electrons. The molecule has 1 fully saturated rings. The number of nitrogens with zero attached hydrogens (tertiary/aromatic N) is 2. The van der Waals surface area contributed by atoms with E-state index in [4.69, 9.17) is 4.74 Å². The SMILES string of the molecule is COCC(C)Nc1cccc(N2CCN(C)CC2)c1. The molecule has 0 aromatic heterocycles. The van der Waals surface area contributed by atoms with Crippen LogP contribution >= 0.6 is 0 Å². The van der Waals surface area contributed by atoms with Gasteiger partial charge in [-0.25, -0.2) is 0 Å². The van der Waals surface area contributed by atoms with Crippen LogP contribution in [0.5, 0.6) is 0 Å². The third kappa shape index (κ3) is 4.11. The Morgan fingerprint density at radius 3 is 2.68 bits per heavy atom. The molecule has 0 saturated carbocycles. The van der Waals surface area contributed by atoms with Crippen LogP contribution in [0.25, 0.3) is 0 Å². The van der Waals surface area contributed by atoms with Crippen LogP contribution in [-0.2, 0) is 4.74 Å². The number of hydrogen-bond acceptors (Lipinski definition) is 4. The van der Waals surface area contributed by atoms with Gasteiger partial charge in [0.2, 0.25) is 0 Å². The van der Waals surface area contributed by atoms with Gasteiger partial charge in [0.05, 0.1) is 6.61 Å². The molecule has 0 amide bonds. The van der Waals surface area contributed by atoms with E-state index in [0.29, 0.717) is 6.04 Å². The fourth-order valence-corrected chi connectivity index (χ4v) is 2.43. The molecule has 19 heavy (non-hydrogen) atoms. The van der Waals surface area contributed by atoms with Crippen molar-refractivity contribution >= 4 is 11.4 Å². The topological polar surface area (TPSA) is 27.7 Å². The molecule has 1 aliphatic heterocycles. The molecule has 1 aromatic carbocycles. The van der Waals surface area contributed by atoms with Crippen molar-refractivity contribution in [2.45, 2.75) is 13.0 Å². The standard InChI is InChI=1S/C15H25N3O/c1-13(12-19-3)16-14-5-4-6-15(11-14)18-9-7-17(2)8-10-18/h4-6,11,13,16H,7-10,12H2,1-3H3. The van der Waals surface area contributed by atoms with Crippen molar-refractivity contribution in [3.8, 4) is 0 Å². The molecule has 4 heteroatoms. The molecule has 1 unspecified atom stereocenters. The number of hydrogen-bond donors (Lipinski definition) is 1. The van der Waals surface area contributed by atoms with E-state index in [1.807, 2.05) is 0 Å². The van der Waals surface area contributed by atoms with E-state index in [9.17, 15) is 0 Å². The van der Waals surface area contributed by atoms with Gasteiger partial charge in [0.25, 0.3) is 0 Å². The number of ether oxygens (including phenoxy) is 1. The minimum Gasteiger partial charge on any atom is -0.383 e. The van der Waals surface area contributed by atoms with E-state index in [-0.39, 0.29) is 0 Å². The van der Waals surface area contributed by atoms with Gasteiger partial charge in [0.1, 0.15) is 0 Å². The molecule has 1 aliphatic rings. The average molecular weight is 263 g/mol. The van der Waals surface area contributed by atoms with Gasteiger partial charge < -0.3 is 19.9 Å². The first-order chi connectivity index (χ1) is 9.19. The monoisotopic (exact) mass is 263 g/mol.